The molecule has 0 radical (unpaired) electrons. The summed E-state index contributed by atoms with van der Waals surface area (Å²) in [5, 5.41) is 2.78. The Hall–Kier alpha value is -2.83. The molecule has 0 aromatic heterocycles. The molecule has 35 heavy (non-hydrogen) atoms. The first-order valence-electron chi connectivity index (χ1n) is 12.8. The van der Waals surface area contributed by atoms with Crippen LogP contribution in [0.2, 0.25) is 0 Å². The van der Waals surface area contributed by atoms with Crippen molar-refractivity contribution in [3.05, 3.63) is 41.0 Å². The van der Waals surface area contributed by atoms with E-state index in [-0.39, 0.29) is 23.8 Å². The van der Waals surface area contributed by atoms with Crippen molar-refractivity contribution in [1.29, 1.82) is 0 Å². The van der Waals surface area contributed by atoms with Gasteiger partial charge in [0.15, 0.2) is 0 Å². The van der Waals surface area contributed by atoms with E-state index in [1.807, 2.05) is 31.7 Å². The smallest absolute Gasteiger partial charge is 0.410 e. The lowest BCUT2D eigenvalue weighted by molar-refractivity contribution is -0.144. The number of fused-ring (bicyclic) bond motifs is 2. The van der Waals surface area contributed by atoms with Crippen molar-refractivity contribution < 1.29 is 19.1 Å². The Balaban J connectivity index is 1.38. The van der Waals surface area contributed by atoms with E-state index in [0.717, 1.165) is 32.1 Å². The Morgan fingerprint density at radius 3 is 2.46 bits per heavy atom. The van der Waals surface area contributed by atoms with Crippen molar-refractivity contribution in [3.63, 3.8) is 0 Å². The minimum absolute atomic E-state index is 0.0730. The molecule has 0 unspecified atom stereocenters. The third-order valence-electron chi connectivity index (χ3n) is 7.57. The van der Waals surface area contributed by atoms with Crippen LogP contribution in [-0.2, 0) is 20.7 Å². The lowest BCUT2D eigenvalue weighted by Crippen LogP contribution is -2.53. The van der Waals surface area contributed by atoms with Crippen LogP contribution in [0.4, 0.5) is 4.79 Å². The molecule has 1 aliphatic heterocycles. The molecule has 0 spiro atoms. The highest BCUT2D eigenvalue weighted by Gasteiger charge is 2.41. The van der Waals surface area contributed by atoms with E-state index in [9.17, 15) is 14.4 Å². The van der Waals surface area contributed by atoms with Gasteiger partial charge < -0.3 is 19.9 Å². The van der Waals surface area contributed by atoms with Crippen molar-refractivity contribution in [3.8, 4) is 0 Å². The molecule has 7 nitrogen and oxygen atoms in total. The van der Waals surface area contributed by atoms with Crippen LogP contribution in [0.1, 0.15) is 64.0 Å². The standard InChI is InChI=1S/C28H39N3O4/c1-28(2,3)35-27(34)30(5)16-18-10-12-19(13-11-18)26(33)31-17-21-14-20-8-6-7-9-22(20)23(21)15-24(31)25(32)29-4/h6-9,18-19,24H,10-17H2,1-5H3,(H,29,32)/t18?,19?,24-/m0/s1. The Morgan fingerprint density at radius 2 is 1.80 bits per heavy atom. The Morgan fingerprint density at radius 1 is 1.11 bits per heavy atom. The molecular weight excluding hydrogens is 442 g/mol. The molecule has 1 aromatic carbocycles. The van der Waals surface area contributed by atoms with Crippen LogP contribution >= 0.6 is 0 Å². The monoisotopic (exact) mass is 481 g/mol. The van der Waals surface area contributed by atoms with Gasteiger partial charge in [-0.15, -0.1) is 0 Å². The van der Waals surface area contributed by atoms with Crippen LogP contribution in [0.3, 0.4) is 0 Å². The second kappa shape index (κ2) is 10.0. The summed E-state index contributed by atoms with van der Waals surface area (Å²) in [7, 11) is 3.42. The molecule has 1 saturated carbocycles. The molecule has 0 bridgehead atoms. The number of hydrogen-bond acceptors (Lipinski definition) is 4. The average Bonchev–Trinajstić information content (AvgIpc) is 3.19. The summed E-state index contributed by atoms with van der Waals surface area (Å²) in [5.41, 5.74) is 4.52. The maximum Gasteiger partial charge on any atom is 0.410 e. The van der Waals surface area contributed by atoms with Crippen molar-refractivity contribution in [1.82, 2.24) is 15.1 Å². The van der Waals surface area contributed by atoms with Gasteiger partial charge in [-0.05, 0) is 81.1 Å². The van der Waals surface area contributed by atoms with Gasteiger partial charge in [0.1, 0.15) is 11.6 Å². The van der Waals surface area contributed by atoms with Crippen molar-refractivity contribution in [2.75, 3.05) is 27.2 Å². The first-order valence-corrected chi connectivity index (χ1v) is 12.8. The van der Waals surface area contributed by atoms with Crippen molar-refractivity contribution >= 4 is 23.5 Å². The highest BCUT2D eigenvalue weighted by atomic mass is 16.6. The lowest BCUT2D eigenvalue weighted by atomic mass is 9.80. The van der Waals surface area contributed by atoms with Crippen LogP contribution in [0, 0.1) is 11.8 Å². The first-order chi connectivity index (χ1) is 16.6. The number of nitrogens with one attached hydrogen (secondary N) is 1. The van der Waals surface area contributed by atoms with Gasteiger partial charge in [-0.1, -0.05) is 24.3 Å². The Kier molecular flexibility index (Phi) is 7.25. The number of rotatable bonds is 4. The average molecular weight is 482 g/mol. The summed E-state index contributed by atoms with van der Waals surface area (Å²) < 4.78 is 5.47. The molecular formula is C28H39N3O4. The zero-order chi connectivity index (χ0) is 25.3. The maximum atomic E-state index is 13.7. The number of benzene rings is 1. The molecule has 1 N–H and O–H groups in total. The summed E-state index contributed by atoms with van der Waals surface area (Å²) in [5.74, 6) is 0.282. The second-order valence-electron chi connectivity index (χ2n) is 11.3. The van der Waals surface area contributed by atoms with E-state index in [4.69, 9.17) is 4.74 Å². The van der Waals surface area contributed by atoms with Gasteiger partial charge >= 0.3 is 6.09 Å². The summed E-state index contributed by atoms with van der Waals surface area (Å²) in [6, 6.07) is 7.90. The normalized spacial score (nSPS) is 23.9. The highest BCUT2D eigenvalue weighted by Crippen LogP contribution is 2.41. The third kappa shape index (κ3) is 5.54. The fourth-order valence-corrected chi connectivity index (χ4v) is 5.78. The summed E-state index contributed by atoms with van der Waals surface area (Å²) >= 11 is 0. The number of ether oxygens (including phenoxy) is 1. The molecule has 1 aromatic rings. The molecule has 3 aliphatic rings. The number of amides is 3. The Bertz CT molecular complexity index is 1020. The zero-order valence-electron chi connectivity index (χ0n) is 21.7. The number of carbonyl (C=O) groups is 3. The SMILES string of the molecule is CNC(=O)[C@@H]1CC2=C(Cc3ccccc32)CN1C(=O)C1CCC(CN(C)C(=O)OC(C)(C)C)CC1. The molecule has 0 saturated heterocycles. The summed E-state index contributed by atoms with van der Waals surface area (Å²) in [6.45, 7) is 6.76. The number of carbonyl (C=O) groups excluding carboxylic acids is 3. The summed E-state index contributed by atoms with van der Waals surface area (Å²) in [6.07, 6.45) is 4.48. The fraction of sp³-hybridized carbons (Fsp3) is 0.607. The van der Waals surface area contributed by atoms with E-state index in [2.05, 4.69) is 23.5 Å². The van der Waals surface area contributed by atoms with Crippen LogP contribution in [0.5, 0.6) is 0 Å². The van der Waals surface area contributed by atoms with Gasteiger partial charge in [-0.25, -0.2) is 4.79 Å². The number of hydrogen-bond donors (Lipinski definition) is 1. The van der Waals surface area contributed by atoms with Crippen LogP contribution < -0.4 is 5.32 Å². The maximum absolute atomic E-state index is 13.7. The predicted molar refractivity (Wildman–Crippen MR) is 136 cm³/mol. The van der Waals surface area contributed by atoms with Crippen LogP contribution in [0.25, 0.3) is 5.57 Å². The molecule has 190 valence electrons. The van der Waals surface area contributed by atoms with Gasteiger partial charge in [0.2, 0.25) is 11.8 Å². The van der Waals surface area contributed by atoms with E-state index < -0.39 is 11.6 Å². The zero-order valence-corrected chi connectivity index (χ0v) is 21.7. The van der Waals surface area contributed by atoms with E-state index >= 15 is 0 Å². The Labute approximate surface area is 208 Å². The lowest BCUT2D eigenvalue weighted by Gasteiger charge is -2.39. The molecule has 2 aliphatic carbocycles. The minimum atomic E-state index is -0.513. The van der Waals surface area contributed by atoms with Gasteiger partial charge in [-0.3, -0.25) is 9.59 Å². The van der Waals surface area contributed by atoms with E-state index in [1.165, 1.54) is 22.3 Å². The van der Waals surface area contributed by atoms with Gasteiger partial charge in [0, 0.05) is 39.5 Å². The fourth-order valence-electron chi connectivity index (χ4n) is 5.78. The van der Waals surface area contributed by atoms with Crippen molar-refractivity contribution in [2.45, 2.75) is 70.9 Å². The molecule has 1 atom stereocenters. The molecule has 7 heteroatoms. The van der Waals surface area contributed by atoms with E-state index in [0.29, 0.717) is 25.4 Å². The van der Waals surface area contributed by atoms with Crippen LogP contribution in [0.15, 0.2) is 29.8 Å². The number of nitrogens with zero attached hydrogens (tertiary/aromatic N) is 2. The first kappa shape index (κ1) is 25.3. The minimum Gasteiger partial charge on any atom is -0.444 e. The third-order valence-corrected chi connectivity index (χ3v) is 7.57. The second-order valence-corrected chi connectivity index (χ2v) is 11.3. The highest BCUT2D eigenvalue weighted by molar-refractivity contribution is 5.93. The van der Waals surface area contributed by atoms with Crippen molar-refractivity contribution in [2.24, 2.45) is 11.8 Å². The summed E-state index contributed by atoms with van der Waals surface area (Å²) in [4.78, 5) is 42.3. The largest absolute Gasteiger partial charge is 0.444 e. The number of likely N-dealkylation sites (N-methyl/N-ethyl adjacent to an activating group) is 1. The topological polar surface area (TPSA) is 79.0 Å². The van der Waals surface area contributed by atoms with Gasteiger partial charge in [0.25, 0.3) is 0 Å². The van der Waals surface area contributed by atoms with Gasteiger partial charge in [0.05, 0.1) is 0 Å². The quantitative estimate of drug-likeness (QED) is 0.705. The van der Waals surface area contributed by atoms with Crippen LogP contribution in [-0.4, -0.2) is 66.5 Å². The molecule has 4 rings (SSSR count). The molecule has 1 heterocycles. The predicted octanol–water partition coefficient (Wildman–Crippen LogP) is 4.02. The molecule has 1 fully saturated rings. The molecule has 3 amide bonds. The van der Waals surface area contributed by atoms with E-state index in [1.54, 1.807) is 19.0 Å². The van der Waals surface area contributed by atoms with Gasteiger partial charge in [-0.2, -0.15) is 0 Å².